The number of nitrogens with zero attached hydrogens (tertiary/aromatic N) is 1. The van der Waals surface area contributed by atoms with Crippen molar-refractivity contribution in [3.63, 3.8) is 0 Å². The van der Waals surface area contributed by atoms with Crippen molar-refractivity contribution in [1.29, 1.82) is 0 Å². The first-order valence-electron chi connectivity index (χ1n) is 8.58. The van der Waals surface area contributed by atoms with Crippen molar-refractivity contribution >= 4 is 18.0 Å². The highest BCUT2D eigenvalue weighted by atomic mass is 16.6. The number of likely N-dealkylation sites (tertiary alicyclic amines) is 1. The summed E-state index contributed by atoms with van der Waals surface area (Å²) in [4.78, 5) is 36.6. The van der Waals surface area contributed by atoms with Crippen molar-refractivity contribution in [1.82, 2.24) is 4.90 Å². The van der Waals surface area contributed by atoms with Crippen LogP contribution < -0.4 is 0 Å². The number of piperidine rings is 1. The van der Waals surface area contributed by atoms with E-state index in [0.717, 1.165) is 0 Å². The van der Waals surface area contributed by atoms with Gasteiger partial charge in [-0.3, -0.25) is 4.79 Å². The highest BCUT2D eigenvalue weighted by molar-refractivity contribution is 5.86. The highest BCUT2D eigenvalue weighted by Crippen LogP contribution is 2.18. The Hall–Kier alpha value is -2.05. The van der Waals surface area contributed by atoms with Crippen LogP contribution in [0.25, 0.3) is 0 Å². The van der Waals surface area contributed by atoms with Crippen LogP contribution in [-0.2, 0) is 23.8 Å². The van der Waals surface area contributed by atoms with E-state index in [-0.39, 0.29) is 31.2 Å². The third kappa shape index (κ3) is 8.56. The molecule has 1 aliphatic heterocycles. The molecule has 1 saturated heterocycles. The van der Waals surface area contributed by atoms with E-state index in [4.69, 9.17) is 14.2 Å². The van der Waals surface area contributed by atoms with Gasteiger partial charge in [0.25, 0.3) is 0 Å². The van der Waals surface area contributed by atoms with Gasteiger partial charge < -0.3 is 19.1 Å². The van der Waals surface area contributed by atoms with E-state index in [1.165, 1.54) is 0 Å². The minimum Gasteiger partial charge on any atom is -0.462 e. The number of ether oxygens (including phenoxy) is 3. The molecule has 142 valence electrons. The number of amides is 1. The monoisotopic (exact) mass is 355 g/mol. The van der Waals surface area contributed by atoms with Crippen molar-refractivity contribution in [2.45, 2.75) is 65.1 Å². The Morgan fingerprint density at radius 1 is 1.16 bits per heavy atom. The number of carbonyl (C=O) groups excluding carboxylic acids is 3. The molecular formula is C18H29NO6. The van der Waals surface area contributed by atoms with Gasteiger partial charge in [-0.1, -0.05) is 6.58 Å². The second kappa shape index (κ2) is 9.44. The van der Waals surface area contributed by atoms with Crippen LogP contribution in [0.1, 0.15) is 53.4 Å². The molecule has 0 bridgehead atoms. The summed E-state index contributed by atoms with van der Waals surface area (Å²) in [5, 5.41) is 0. The van der Waals surface area contributed by atoms with Crippen LogP contribution in [0.2, 0.25) is 0 Å². The molecule has 0 saturated carbocycles. The number of hydrogen-bond acceptors (Lipinski definition) is 6. The molecule has 0 aromatic heterocycles. The Morgan fingerprint density at radius 3 is 2.28 bits per heavy atom. The van der Waals surface area contributed by atoms with E-state index in [1.54, 1.807) is 11.8 Å². The second-order valence-electron chi connectivity index (χ2n) is 7.18. The zero-order chi connectivity index (χ0) is 19.0. The van der Waals surface area contributed by atoms with Crippen LogP contribution in [0.15, 0.2) is 12.2 Å². The van der Waals surface area contributed by atoms with Gasteiger partial charge in [-0.25, -0.2) is 9.59 Å². The third-order valence-electron chi connectivity index (χ3n) is 3.50. The molecule has 0 aliphatic carbocycles. The van der Waals surface area contributed by atoms with E-state index < -0.39 is 11.6 Å². The Bertz CT molecular complexity index is 500. The van der Waals surface area contributed by atoms with Gasteiger partial charge in [0, 0.05) is 37.9 Å². The normalized spacial score (nSPS) is 15.4. The van der Waals surface area contributed by atoms with Gasteiger partial charge in [-0.05, 0) is 34.1 Å². The smallest absolute Gasteiger partial charge is 0.410 e. The first-order chi connectivity index (χ1) is 11.6. The predicted octanol–water partition coefficient (Wildman–Crippen LogP) is 2.83. The molecule has 1 amide bonds. The van der Waals surface area contributed by atoms with Crippen molar-refractivity contribution < 1.29 is 28.6 Å². The SMILES string of the molecule is C=C(C)C(=O)OCCCC(=O)OC1CCN(C(=O)OC(C)(C)C)CC1. The molecule has 1 fully saturated rings. The summed E-state index contributed by atoms with van der Waals surface area (Å²) in [6.07, 6.45) is 1.26. The molecule has 1 aliphatic rings. The van der Waals surface area contributed by atoms with Gasteiger partial charge in [0.15, 0.2) is 0 Å². The standard InChI is InChI=1S/C18H29NO6/c1-13(2)16(21)23-12-6-7-15(20)24-14-8-10-19(11-9-14)17(22)25-18(3,4)5/h14H,1,6-12H2,2-5H3. The second-order valence-corrected chi connectivity index (χ2v) is 7.18. The molecule has 0 aromatic carbocycles. The summed E-state index contributed by atoms with van der Waals surface area (Å²) >= 11 is 0. The van der Waals surface area contributed by atoms with Crippen LogP contribution in [0.3, 0.4) is 0 Å². The van der Waals surface area contributed by atoms with Crippen molar-refractivity contribution in [2.75, 3.05) is 19.7 Å². The van der Waals surface area contributed by atoms with Gasteiger partial charge in [0.1, 0.15) is 11.7 Å². The molecule has 0 unspecified atom stereocenters. The summed E-state index contributed by atoms with van der Waals surface area (Å²) in [5.74, 6) is -0.773. The lowest BCUT2D eigenvalue weighted by Crippen LogP contribution is -2.43. The van der Waals surface area contributed by atoms with Crippen LogP contribution in [0, 0.1) is 0 Å². The highest BCUT2D eigenvalue weighted by Gasteiger charge is 2.28. The zero-order valence-corrected chi connectivity index (χ0v) is 15.6. The fourth-order valence-electron chi connectivity index (χ4n) is 2.23. The first-order valence-corrected chi connectivity index (χ1v) is 8.58. The molecule has 0 N–H and O–H groups in total. The number of hydrogen-bond donors (Lipinski definition) is 0. The first kappa shape index (κ1) is 21.0. The minimum atomic E-state index is -0.520. The van der Waals surface area contributed by atoms with Crippen LogP contribution in [0.5, 0.6) is 0 Å². The van der Waals surface area contributed by atoms with E-state index >= 15 is 0 Å². The quantitative estimate of drug-likeness (QED) is 0.315. The van der Waals surface area contributed by atoms with E-state index in [9.17, 15) is 14.4 Å². The number of esters is 2. The Labute approximate surface area is 149 Å². The van der Waals surface area contributed by atoms with Gasteiger partial charge in [0.05, 0.1) is 6.61 Å². The average molecular weight is 355 g/mol. The van der Waals surface area contributed by atoms with E-state index in [1.807, 2.05) is 20.8 Å². The Balaban J connectivity index is 2.21. The van der Waals surface area contributed by atoms with E-state index in [0.29, 0.717) is 37.9 Å². The fraction of sp³-hybridized carbons (Fsp3) is 0.722. The van der Waals surface area contributed by atoms with Crippen molar-refractivity contribution in [2.24, 2.45) is 0 Å². The maximum Gasteiger partial charge on any atom is 0.410 e. The molecule has 0 aromatic rings. The number of rotatable bonds is 6. The molecule has 7 heteroatoms. The lowest BCUT2D eigenvalue weighted by Gasteiger charge is -2.33. The van der Waals surface area contributed by atoms with Gasteiger partial charge >= 0.3 is 18.0 Å². The lowest BCUT2D eigenvalue weighted by molar-refractivity contribution is -0.152. The Morgan fingerprint density at radius 2 is 1.76 bits per heavy atom. The summed E-state index contributed by atoms with van der Waals surface area (Å²) in [6, 6.07) is 0. The minimum absolute atomic E-state index is 0.165. The average Bonchev–Trinajstić information content (AvgIpc) is 2.50. The summed E-state index contributed by atoms with van der Waals surface area (Å²) in [7, 11) is 0. The maximum atomic E-state index is 12.0. The molecule has 25 heavy (non-hydrogen) atoms. The molecule has 0 spiro atoms. The molecule has 7 nitrogen and oxygen atoms in total. The molecule has 1 heterocycles. The van der Waals surface area contributed by atoms with E-state index in [2.05, 4.69) is 6.58 Å². The summed E-state index contributed by atoms with van der Waals surface area (Å²) < 4.78 is 15.6. The van der Waals surface area contributed by atoms with Gasteiger partial charge in [0.2, 0.25) is 0 Å². The third-order valence-corrected chi connectivity index (χ3v) is 3.50. The summed E-state index contributed by atoms with van der Waals surface area (Å²) in [6.45, 7) is 11.7. The lowest BCUT2D eigenvalue weighted by atomic mass is 10.1. The van der Waals surface area contributed by atoms with Crippen LogP contribution >= 0.6 is 0 Å². The summed E-state index contributed by atoms with van der Waals surface area (Å²) in [5.41, 5.74) is -0.187. The van der Waals surface area contributed by atoms with Crippen LogP contribution in [0.4, 0.5) is 4.79 Å². The fourth-order valence-corrected chi connectivity index (χ4v) is 2.23. The molecule has 0 atom stereocenters. The Kier molecular flexibility index (Phi) is 7.93. The maximum absolute atomic E-state index is 12.0. The molecule has 0 radical (unpaired) electrons. The predicted molar refractivity (Wildman–Crippen MR) is 91.9 cm³/mol. The van der Waals surface area contributed by atoms with Crippen molar-refractivity contribution in [3.8, 4) is 0 Å². The largest absolute Gasteiger partial charge is 0.462 e. The number of carbonyl (C=O) groups is 3. The van der Waals surface area contributed by atoms with Gasteiger partial charge in [-0.15, -0.1) is 0 Å². The van der Waals surface area contributed by atoms with Crippen molar-refractivity contribution in [3.05, 3.63) is 12.2 Å². The van der Waals surface area contributed by atoms with Crippen LogP contribution in [-0.4, -0.2) is 54.3 Å². The molecule has 1 rings (SSSR count). The molecular weight excluding hydrogens is 326 g/mol. The van der Waals surface area contributed by atoms with Gasteiger partial charge in [-0.2, -0.15) is 0 Å². The zero-order valence-electron chi connectivity index (χ0n) is 15.6. The topological polar surface area (TPSA) is 82.1 Å².